The summed E-state index contributed by atoms with van der Waals surface area (Å²) in [6.45, 7) is 5.06. The van der Waals surface area contributed by atoms with Crippen LogP contribution >= 0.6 is 0 Å². The molecular formula is C11H13N3O. The first kappa shape index (κ1) is 9.83. The summed E-state index contributed by atoms with van der Waals surface area (Å²) in [4.78, 5) is 10.1. The van der Waals surface area contributed by atoms with E-state index in [1.807, 2.05) is 18.2 Å². The molecule has 4 nitrogen and oxygen atoms in total. The lowest BCUT2D eigenvalue weighted by atomic mass is 9.87. The second-order valence-corrected chi connectivity index (χ2v) is 4.27. The monoisotopic (exact) mass is 203 g/mol. The Balaban J connectivity index is 2.42. The smallest absolute Gasteiger partial charge is 0.254 e. The molecule has 78 valence electrons. The van der Waals surface area contributed by atoms with Crippen LogP contribution in [0.25, 0.3) is 0 Å². The molecule has 0 saturated carbocycles. The van der Waals surface area contributed by atoms with E-state index in [0.717, 1.165) is 12.2 Å². The molecule has 0 saturated heterocycles. The highest BCUT2D eigenvalue weighted by atomic mass is 16.1. The number of hydrogen-bond donors (Lipinski definition) is 0. The molecule has 0 N–H and O–H groups in total. The molecule has 0 aliphatic carbocycles. The Hall–Kier alpha value is -1.71. The number of hydrogen-bond acceptors (Lipinski definition) is 2. The zero-order valence-electron chi connectivity index (χ0n) is 8.84. The molecule has 2 rings (SSSR count). The lowest BCUT2D eigenvalue weighted by molar-refractivity contribution is -0.107. The van der Waals surface area contributed by atoms with Crippen molar-refractivity contribution in [2.24, 2.45) is 10.3 Å². The zero-order chi connectivity index (χ0) is 10.9. The molecule has 0 spiro atoms. The average Bonchev–Trinajstić information content (AvgIpc) is 2.49. The minimum absolute atomic E-state index is 0.0541. The first-order valence-corrected chi connectivity index (χ1v) is 4.86. The Bertz CT molecular complexity index is 412. The number of rotatable bonds is 2. The van der Waals surface area contributed by atoms with Crippen molar-refractivity contribution >= 4 is 12.1 Å². The van der Waals surface area contributed by atoms with Gasteiger partial charge in [-0.1, -0.05) is 42.4 Å². The number of amides is 1. The topological polar surface area (TPSA) is 45.0 Å². The van der Waals surface area contributed by atoms with Crippen LogP contribution in [0.5, 0.6) is 0 Å². The molecule has 0 bridgehead atoms. The van der Waals surface area contributed by atoms with E-state index in [4.69, 9.17) is 0 Å². The third-order valence-corrected chi connectivity index (χ3v) is 2.66. The predicted octanol–water partition coefficient (Wildman–Crippen LogP) is 2.31. The minimum atomic E-state index is 0.0541. The summed E-state index contributed by atoms with van der Waals surface area (Å²) in [5.41, 5.74) is 2.33. The normalized spacial score (nSPS) is 18.1. The molecule has 0 fully saturated rings. The Morgan fingerprint density at radius 2 is 2.13 bits per heavy atom. The second kappa shape index (κ2) is 3.46. The fourth-order valence-corrected chi connectivity index (χ4v) is 1.98. The Morgan fingerprint density at radius 3 is 2.87 bits per heavy atom. The van der Waals surface area contributed by atoms with Gasteiger partial charge in [-0.25, -0.2) is 5.01 Å². The van der Waals surface area contributed by atoms with E-state index in [-0.39, 0.29) is 5.41 Å². The van der Waals surface area contributed by atoms with Crippen molar-refractivity contribution < 1.29 is 4.79 Å². The number of anilines is 1. The van der Waals surface area contributed by atoms with Crippen LogP contribution < -0.4 is 5.01 Å². The van der Waals surface area contributed by atoms with E-state index in [1.165, 1.54) is 5.56 Å². The molecule has 1 aromatic carbocycles. The van der Waals surface area contributed by atoms with Gasteiger partial charge < -0.3 is 0 Å². The lowest BCUT2D eigenvalue weighted by Crippen LogP contribution is -2.24. The highest BCUT2D eigenvalue weighted by Crippen LogP contribution is 2.40. The van der Waals surface area contributed by atoms with Gasteiger partial charge in [-0.05, 0) is 11.6 Å². The molecule has 1 aromatic rings. The highest BCUT2D eigenvalue weighted by Gasteiger charge is 2.34. The van der Waals surface area contributed by atoms with Gasteiger partial charge >= 0.3 is 0 Å². The molecule has 0 radical (unpaired) electrons. The Labute approximate surface area is 88.6 Å². The van der Waals surface area contributed by atoms with E-state index < -0.39 is 0 Å². The van der Waals surface area contributed by atoms with Gasteiger partial charge in [-0.3, -0.25) is 4.79 Å². The first-order valence-electron chi connectivity index (χ1n) is 4.86. The third-order valence-electron chi connectivity index (χ3n) is 2.66. The van der Waals surface area contributed by atoms with Gasteiger partial charge in [0.15, 0.2) is 0 Å². The van der Waals surface area contributed by atoms with Gasteiger partial charge in [0.05, 0.1) is 12.2 Å². The number of nitrogens with zero attached hydrogens (tertiary/aromatic N) is 3. The molecule has 1 aliphatic rings. The van der Waals surface area contributed by atoms with Crippen LogP contribution in [0.1, 0.15) is 19.4 Å². The maximum atomic E-state index is 10.1. The number of benzene rings is 1. The predicted molar refractivity (Wildman–Crippen MR) is 57.7 cm³/mol. The van der Waals surface area contributed by atoms with Crippen LogP contribution in [-0.4, -0.2) is 13.0 Å². The molecular weight excluding hydrogens is 190 g/mol. The summed E-state index contributed by atoms with van der Waals surface area (Å²) in [7, 11) is 0. The van der Waals surface area contributed by atoms with Crippen molar-refractivity contribution in [2.45, 2.75) is 19.3 Å². The Kier molecular flexibility index (Phi) is 2.26. The number of fused-ring (bicyclic) bond motifs is 1. The van der Waals surface area contributed by atoms with Crippen LogP contribution in [0.3, 0.4) is 0 Å². The number of para-hydroxylation sites is 1. The van der Waals surface area contributed by atoms with E-state index in [2.05, 4.69) is 30.3 Å². The molecule has 0 aromatic heterocycles. The van der Waals surface area contributed by atoms with Crippen LogP contribution in [-0.2, 0) is 10.2 Å². The molecule has 0 atom stereocenters. The van der Waals surface area contributed by atoms with Crippen LogP contribution in [0, 0.1) is 0 Å². The lowest BCUT2D eigenvalue weighted by Gasteiger charge is -2.17. The van der Waals surface area contributed by atoms with Crippen molar-refractivity contribution in [3.05, 3.63) is 29.8 Å². The molecule has 4 heteroatoms. The highest BCUT2D eigenvalue weighted by molar-refractivity contribution is 5.61. The molecule has 0 unspecified atom stereocenters. The van der Waals surface area contributed by atoms with Crippen LogP contribution in [0.15, 0.2) is 34.6 Å². The first-order chi connectivity index (χ1) is 7.15. The standard InChI is InChI=1S/C11H13N3O/c1-11(2)7-14(13-12-8-15)10-6-4-3-5-9(10)11/h3-6,8H,7H2,1-2H3. The van der Waals surface area contributed by atoms with Gasteiger partial charge in [0.1, 0.15) is 0 Å². The van der Waals surface area contributed by atoms with E-state index in [0.29, 0.717) is 6.41 Å². The van der Waals surface area contributed by atoms with Gasteiger partial charge in [0.25, 0.3) is 6.41 Å². The van der Waals surface area contributed by atoms with Crippen molar-refractivity contribution in [1.29, 1.82) is 0 Å². The summed E-state index contributed by atoms with van der Waals surface area (Å²) in [6, 6.07) is 8.06. The van der Waals surface area contributed by atoms with Gasteiger partial charge in [0.2, 0.25) is 0 Å². The fourth-order valence-electron chi connectivity index (χ4n) is 1.98. The quantitative estimate of drug-likeness (QED) is 0.547. The maximum absolute atomic E-state index is 10.1. The summed E-state index contributed by atoms with van der Waals surface area (Å²) < 4.78 is 0. The third kappa shape index (κ3) is 1.63. The zero-order valence-corrected chi connectivity index (χ0v) is 8.84. The SMILES string of the molecule is CC1(C)CN(N=NC=O)c2ccccc21. The van der Waals surface area contributed by atoms with Gasteiger partial charge in [-0.2, -0.15) is 0 Å². The summed E-state index contributed by atoms with van der Waals surface area (Å²) >= 11 is 0. The molecule has 1 amide bonds. The van der Waals surface area contributed by atoms with Crippen molar-refractivity contribution in [3.8, 4) is 0 Å². The molecule has 1 heterocycles. The largest absolute Gasteiger partial charge is 0.275 e. The van der Waals surface area contributed by atoms with E-state index in [1.54, 1.807) is 5.01 Å². The molecule has 1 aliphatic heterocycles. The van der Waals surface area contributed by atoms with E-state index >= 15 is 0 Å². The van der Waals surface area contributed by atoms with Crippen molar-refractivity contribution in [1.82, 2.24) is 0 Å². The molecule has 15 heavy (non-hydrogen) atoms. The van der Waals surface area contributed by atoms with Gasteiger partial charge in [-0.15, -0.1) is 0 Å². The summed E-state index contributed by atoms with van der Waals surface area (Å²) in [5, 5.41) is 9.03. The van der Waals surface area contributed by atoms with E-state index in [9.17, 15) is 4.79 Å². The number of carbonyl (C=O) groups is 1. The van der Waals surface area contributed by atoms with Crippen LogP contribution in [0.2, 0.25) is 0 Å². The van der Waals surface area contributed by atoms with Crippen molar-refractivity contribution in [2.75, 3.05) is 11.6 Å². The van der Waals surface area contributed by atoms with Gasteiger partial charge in [0, 0.05) is 5.41 Å². The minimum Gasteiger partial charge on any atom is -0.275 e. The summed E-state index contributed by atoms with van der Waals surface area (Å²) in [5.74, 6) is 0. The number of carbonyl (C=O) groups excluding carboxylic acids is 1. The maximum Gasteiger partial charge on any atom is 0.254 e. The van der Waals surface area contributed by atoms with Crippen molar-refractivity contribution in [3.63, 3.8) is 0 Å². The van der Waals surface area contributed by atoms with Crippen LogP contribution in [0.4, 0.5) is 5.69 Å². The second-order valence-electron chi connectivity index (χ2n) is 4.27. The fraction of sp³-hybridized carbons (Fsp3) is 0.364. The average molecular weight is 203 g/mol. The Morgan fingerprint density at radius 1 is 1.40 bits per heavy atom. The summed E-state index contributed by atoms with van der Waals surface area (Å²) in [6.07, 6.45) is 0.452.